The van der Waals surface area contributed by atoms with Crippen molar-refractivity contribution in [3.63, 3.8) is 0 Å². The van der Waals surface area contributed by atoms with Gasteiger partial charge in [-0.05, 0) is 30.7 Å². The Kier molecular flexibility index (Phi) is 4.24. The number of allylic oxidation sites excluding steroid dienone is 2. The van der Waals surface area contributed by atoms with E-state index in [0.29, 0.717) is 24.4 Å². The molecule has 1 aromatic heterocycles. The smallest absolute Gasteiger partial charge is 0.225 e. The standard InChI is InChI=1S/C20H18ClN3O2/c1-13-5-2-3-7-15(13)23-9-11-24(12-10-23)18-16(21)20(26)17-14(19(18)25)6-4-8-22-17/h2-8H,9-12H2,1H3. The second kappa shape index (κ2) is 6.57. The lowest BCUT2D eigenvalue weighted by atomic mass is 9.95. The molecule has 1 aliphatic carbocycles. The molecule has 2 aliphatic rings. The average molecular weight is 368 g/mol. The number of aromatic nitrogens is 1. The third kappa shape index (κ3) is 2.69. The second-order valence-corrected chi connectivity index (χ2v) is 6.86. The number of piperazine rings is 1. The summed E-state index contributed by atoms with van der Waals surface area (Å²) >= 11 is 6.28. The number of halogens is 1. The predicted molar refractivity (Wildman–Crippen MR) is 101 cm³/mol. The van der Waals surface area contributed by atoms with Crippen LogP contribution in [0.5, 0.6) is 0 Å². The minimum Gasteiger partial charge on any atom is -0.368 e. The van der Waals surface area contributed by atoms with Crippen LogP contribution in [-0.4, -0.2) is 47.6 Å². The van der Waals surface area contributed by atoms with Gasteiger partial charge in [0.2, 0.25) is 11.6 Å². The van der Waals surface area contributed by atoms with E-state index in [9.17, 15) is 9.59 Å². The summed E-state index contributed by atoms with van der Waals surface area (Å²) in [5.41, 5.74) is 3.21. The maximum atomic E-state index is 12.9. The van der Waals surface area contributed by atoms with Crippen molar-refractivity contribution >= 4 is 28.9 Å². The fourth-order valence-electron chi connectivity index (χ4n) is 3.58. The molecule has 0 unspecified atom stereocenters. The summed E-state index contributed by atoms with van der Waals surface area (Å²) in [7, 11) is 0. The van der Waals surface area contributed by atoms with Gasteiger partial charge in [-0.1, -0.05) is 29.8 Å². The predicted octanol–water partition coefficient (Wildman–Crippen LogP) is 3.04. The van der Waals surface area contributed by atoms with Crippen LogP contribution in [0, 0.1) is 6.92 Å². The lowest BCUT2D eigenvalue weighted by Crippen LogP contribution is -2.48. The first kappa shape index (κ1) is 16.8. The topological polar surface area (TPSA) is 53.5 Å². The zero-order chi connectivity index (χ0) is 18.3. The van der Waals surface area contributed by atoms with Gasteiger partial charge in [-0.2, -0.15) is 0 Å². The largest absolute Gasteiger partial charge is 0.368 e. The lowest BCUT2D eigenvalue weighted by Gasteiger charge is -2.39. The van der Waals surface area contributed by atoms with Gasteiger partial charge in [0.1, 0.15) is 16.4 Å². The van der Waals surface area contributed by atoms with Crippen LogP contribution in [0.1, 0.15) is 26.4 Å². The van der Waals surface area contributed by atoms with Gasteiger partial charge in [-0.15, -0.1) is 0 Å². The fourth-order valence-corrected chi connectivity index (χ4v) is 3.87. The normalized spacial score (nSPS) is 17.6. The van der Waals surface area contributed by atoms with Crippen LogP contribution >= 0.6 is 11.6 Å². The number of hydrogen-bond donors (Lipinski definition) is 0. The summed E-state index contributed by atoms with van der Waals surface area (Å²) in [5.74, 6) is -0.597. The van der Waals surface area contributed by atoms with Crippen LogP contribution in [0.2, 0.25) is 0 Å². The molecule has 6 heteroatoms. The van der Waals surface area contributed by atoms with Crippen molar-refractivity contribution in [1.29, 1.82) is 0 Å². The second-order valence-electron chi connectivity index (χ2n) is 6.48. The first-order chi connectivity index (χ1) is 12.6. The zero-order valence-corrected chi connectivity index (χ0v) is 15.2. The van der Waals surface area contributed by atoms with Gasteiger partial charge in [0.15, 0.2) is 0 Å². The monoisotopic (exact) mass is 367 g/mol. The highest BCUT2D eigenvalue weighted by Gasteiger charge is 2.36. The Bertz CT molecular complexity index is 930. The summed E-state index contributed by atoms with van der Waals surface area (Å²) in [4.78, 5) is 33.6. The molecule has 1 fully saturated rings. The molecule has 132 valence electrons. The molecule has 1 aliphatic heterocycles. The number of aryl methyl sites for hydroxylation is 1. The molecule has 2 aromatic rings. The minimum absolute atomic E-state index is 0.0226. The maximum Gasteiger partial charge on any atom is 0.225 e. The fraction of sp³-hybridized carbons (Fsp3) is 0.250. The summed E-state index contributed by atoms with van der Waals surface area (Å²) in [6, 6.07) is 11.5. The molecule has 4 rings (SSSR count). The number of carbonyl (C=O) groups is 2. The molecular formula is C20H18ClN3O2. The zero-order valence-electron chi connectivity index (χ0n) is 14.4. The number of fused-ring (bicyclic) bond motifs is 1. The summed E-state index contributed by atoms with van der Waals surface area (Å²) in [6.45, 7) is 4.89. The Morgan fingerprint density at radius 3 is 2.35 bits per heavy atom. The summed E-state index contributed by atoms with van der Waals surface area (Å²) in [5, 5.41) is -0.0226. The molecule has 0 saturated carbocycles. The van der Waals surface area contributed by atoms with Gasteiger partial charge in [0.05, 0.1) is 5.56 Å². The maximum absolute atomic E-state index is 12.9. The van der Waals surface area contributed by atoms with E-state index in [1.165, 1.54) is 17.4 Å². The van der Waals surface area contributed by atoms with E-state index >= 15 is 0 Å². The van der Waals surface area contributed by atoms with Gasteiger partial charge in [0.25, 0.3) is 0 Å². The van der Waals surface area contributed by atoms with E-state index in [1.807, 2.05) is 17.0 Å². The Morgan fingerprint density at radius 1 is 0.923 bits per heavy atom. The van der Waals surface area contributed by atoms with Crippen LogP contribution in [0.25, 0.3) is 0 Å². The summed E-state index contributed by atoms with van der Waals surface area (Å²) in [6.07, 6.45) is 1.50. The van der Waals surface area contributed by atoms with E-state index in [2.05, 4.69) is 28.9 Å². The molecule has 0 spiro atoms. The van der Waals surface area contributed by atoms with E-state index in [1.54, 1.807) is 12.1 Å². The quantitative estimate of drug-likeness (QED) is 0.816. The molecule has 1 aromatic carbocycles. The average Bonchev–Trinajstić information content (AvgIpc) is 2.67. The molecule has 0 radical (unpaired) electrons. The Morgan fingerprint density at radius 2 is 1.62 bits per heavy atom. The van der Waals surface area contributed by atoms with Crippen molar-refractivity contribution in [2.45, 2.75) is 6.92 Å². The van der Waals surface area contributed by atoms with Crippen molar-refractivity contribution in [3.8, 4) is 0 Å². The number of rotatable bonds is 2. The van der Waals surface area contributed by atoms with E-state index in [0.717, 1.165) is 13.1 Å². The number of anilines is 1. The molecule has 1 saturated heterocycles. The van der Waals surface area contributed by atoms with Crippen molar-refractivity contribution in [2.75, 3.05) is 31.1 Å². The number of carbonyl (C=O) groups excluding carboxylic acids is 2. The van der Waals surface area contributed by atoms with E-state index in [-0.39, 0.29) is 22.3 Å². The molecule has 2 heterocycles. The van der Waals surface area contributed by atoms with Crippen molar-refractivity contribution in [3.05, 3.63) is 70.1 Å². The van der Waals surface area contributed by atoms with Crippen molar-refractivity contribution in [1.82, 2.24) is 9.88 Å². The highest BCUT2D eigenvalue weighted by Crippen LogP contribution is 2.30. The molecule has 0 atom stereocenters. The number of ketones is 2. The molecule has 5 nitrogen and oxygen atoms in total. The van der Waals surface area contributed by atoms with Crippen molar-refractivity contribution < 1.29 is 9.59 Å². The highest BCUT2D eigenvalue weighted by atomic mass is 35.5. The van der Waals surface area contributed by atoms with Crippen LogP contribution in [0.15, 0.2) is 53.3 Å². The van der Waals surface area contributed by atoms with Gasteiger partial charge in [-0.25, -0.2) is 0 Å². The number of hydrogen-bond acceptors (Lipinski definition) is 5. The molecule has 0 N–H and O–H groups in total. The molecule has 26 heavy (non-hydrogen) atoms. The first-order valence-electron chi connectivity index (χ1n) is 8.57. The lowest BCUT2D eigenvalue weighted by molar-refractivity contribution is 0.0942. The highest BCUT2D eigenvalue weighted by molar-refractivity contribution is 6.49. The first-order valence-corrected chi connectivity index (χ1v) is 8.95. The third-order valence-electron chi connectivity index (χ3n) is 4.94. The van der Waals surface area contributed by atoms with Gasteiger partial charge < -0.3 is 9.80 Å². The van der Waals surface area contributed by atoms with Crippen LogP contribution < -0.4 is 4.90 Å². The number of Topliss-reactive ketones (excluding diaryl/α,β-unsaturated/α-hetero) is 2. The molecule has 0 amide bonds. The van der Waals surface area contributed by atoms with Crippen LogP contribution in [-0.2, 0) is 0 Å². The number of benzene rings is 1. The summed E-state index contributed by atoms with van der Waals surface area (Å²) < 4.78 is 0. The van der Waals surface area contributed by atoms with E-state index in [4.69, 9.17) is 11.6 Å². The number of nitrogens with zero attached hydrogens (tertiary/aromatic N) is 3. The van der Waals surface area contributed by atoms with Gasteiger partial charge >= 0.3 is 0 Å². The van der Waals surface area contributed by atoms with E-state index < -0.39 is 0 Å². The Labute approximate surface area is 156 Å². The molecular weight excluding hydrogens is 350 g/mol. The van der Waals surface area contributed by atoms with Crippen LogP contribution in [0.4, 0.5) is 5.69 Å². The third-order valence-corrected chi connectivity index (χ3v) is 5.29. The Hall–Kier alpha value is -2.66. The van der Waals surface area contributed by atoms with Crippen molar-refractivity contribution in [2.24, 2.45) is 0 Å². The van der Waals surface area contributed by atoms with Gasteiger partial charge in [-0.3, -0.25) is 14.6 Å². The Balaban J connectivity index is 1.58. The van der Waals surface area contributed by atoms with Gasteiger partial charge in [0, 0.05) is 38.1 Å². The van der Waals surface area contributed by atoms with Crippen LogP contribution in [0.3, 0.4) is 0 Å². The minimum atomic E-state index is -0.377. The SMILES string of the molecule is Cc1ccccc1N1CCN(C2=C(Cl)C(=O)c3ncccc3C2=O)CC1. The molecule has 0 bridgehead atoms. The number of pyridine rings is 1. The number of para-hydroxylation sites is 1.